The molecule has 0 aliphatic carbocycles. The van der Waals surface area contributed by atoms with Crippen LogP contribution in [0.15, 0.2) is 57.8 Å². The summed E-state index contributed by atoms with van der Waals surface area (Å²) >= 11 is 11.4. The number of benzene rings is 2. The number of halogens is 10. The molecule has 0 saturated heterocycles. The monoisotopic (exact) mass is 726 g/mol. The van der Waals surface area contributed by atoms with Gasteiger partial charge in [0.1, 0.15) is 34.5 Å². The van der Waals surface area contributed by atoms with Crippen molar-refractivity contribution in [3.05, 3.63) is 69.5 Å². The summed E-state index contributed by atoms with van der Waals surface area (Å²) < 4.78 is 112. The number of nitrogens with zero attached hydrogens (tertiary/aromatic N) is 6. The van der Waals surface area contributed by atoms with Gasteiger partial charge in [0.15, 0.2) is 0 Å². The Balaban J connectivity index is 0.000000188. The molecule has 0 spiro atoms. The number of fused-ring (bicyclic) bond motifs is 2. The molecule has 0 fully saturated rings. The Hall–Kier alpha value is -4.58. The number of hydrogen-bond acceptors (Lipinski definition) is 8. The van der Waals surface area contributed by atoms with Crippen molar-refractivity contribution in [1.82, 2.24) is 9.80 Å². The molecular formula is C28H20Cl2F8N6O4. The highest BCUT2D eigenvalue weighted by atomic mass is 35.5. The first-order chi connectivity index (χ1) is 22.4. The minimum absolute atomic E-state index is 0.00991. The fourth-order valence-electron chi connectivity index (χ4n) is 5.00. The summed E-state index contributed by atoms with van der Waals surface area (Å²) in [6, 6.07) is 3.74. The van der Waals surface area contributed by atoms with Crippen molar-refractivity contribution in [2.45, 2.75) is 19.3 Å². The van der Waals surface area contributed by atoms with E-state index in [2.05, 4.69) is 9.98 Å². The van der Waals surface area contributed by atoms with Crippen LogP contribution in [0.3, 0.4) is 0 Å². The van der Waals surface area contributed by atoms with E-state index in [4.69, 9.17) is 27.9 Å². The molecule has 6 rings (SSSR count). The van der Waals surface area contributed by atoms with Crippen molar-refractivity contribution in [2.24, 2.45) is 9.98 Å². The number of amides is 2. The van der Waals surface area contributed by atoms with Crippen LogP contribution < -0.4 is 14.5 Å². The second-order valence-electron chi connectivity index (χ2n) is 9.99. The third-order valence-electron chi connectivity index (χ3n) is 6.96. The summed E-state index contributed by atoms with van der Waals surface area (Å²) in [6.07, 6.45) is -8.66. The van der Waals surface area contributed by atoms with Gasteiger partial charge in [0.25, 0.3) is 11.8 Å². The molecule has 4 heterocycles. The van der Waals surface area contributed by atoms with Crippen molar-refractivity contribution in [3.8, 4) is 11.5 Å². The molecule has 4 aliphatic rings. The van der Waals surface area contributed by atoms with E-state index in [-0.39, 0.29) is 66.2 Å². The third kappa shape index (κ3) is 6.45. The number of carbonyl (C=O) groups is 2. The van der Waals surface area contributed by atoms with E-state index in [9.17, 15) is 49.8 Å². The molecule has 4 aliphatic heterocycles. The Morgan fingerprint density at radius 2 is 1.21 bits per heavy atom. The van der Waals surface area contributed by atoms with E-state index in [0.29, 0.717) is 17.1 Å². The number of carbonyl (C=O) groups excluding carboxylic acids is 2. The van der Waals surface area contributed by atoms with Crippen LogP contribution in [0, 0.1) is 11.6 Å². The molecule has 2 amide bonds. The van der Waals surface area contributed by atoms with Gasteiger partial charge >= 0.3 is 12.4 Å². The number of guanidine groups is 2. The molecule has 0 bridgehead atoms. The first-order valence-electron chi connectivity index (χ1n) is 13.6. The zero-order valence-corrected chi connectivity index (χ0v) is 25.6. The van der Waals surface area contributed by atoms with Crippen LogP contribution in [-0.4, -0.2) is 83.8 Å². The Kier molecular flexibility index (Phi) is 9.26. The fraction of sp³-hybridized carbons (Fsp3) is 0.286. The number of allylic oxidation sites excluding steroid dienone is 2. The van der Waals surface area contributed by atoms with Crippen molar-refractivity contribution < 1.29 is 54.6 Å². The summed E-state index contributed by atoms with van der Waals surface area (Å²) in [7, 11) is 0. The zero-order chi connectivity index (χ0) is 35.3. The normalized spacial score (nSPS) is 17.7. The Morgan fingerprint density at radius 3 is 1.65 bits per heavy atom. The predicted molar refractivity (Wildman–Crippen MR) is 157 cm³/mol. The fourth-order valence-corrected chi connectivity index (χ4v) is 5.36. The van der Waals surface area contributed by atoms with E-state index >= 15 is 0 Å². The SMILES string of the molecule is CCOc1cc(N2C(=O)C=C(C(F)(F)F)N3CCN=C32)c(F)cc1Cl.O=C1C=C(C(F)(F)F)N2CCN=C2N1c1cc(O)c(Cl)cc1F. The topological polar surface area (TPSA) is 101 Å². The number of rotatable bonds is 4. The lowest BCUT2D eigenvalue weighted by Crippen LogP contribution is -2.51. The number of aromatic hydroxyl groups is 1. The minimum Gasteiger partial charge on any atom is -0.506 e. The molecule has 0 atom stereocenters. The van der Waals surface area contributed by atoms with Crippen LogP contribution in [-0.2, 0) is 9.59 Å². The molecule has 0 saturated carbocycles. The average molecular weight is 727 g/mol. The average Bonchev–Trinajstić information content (AvgIpc) is 3.66. The Morgan fingerprint density at radius 1 is 0.771 bits per heavy atom. The van der Waals surface area contributed by atoms with Gasteiger partial charge in [-0.05, 0) is 19.1 Å². The molecule has 48 heavy (non-hydrogen) atoms. The quantitative estimate of drug-likeness (QED) is 0.389. The van der Waals surface area contributed by atoms with Gasteiger partial charge in [-0.15, -0.1) is 0 Å². The molecule has 2 aromatic carbocycles. The summed E-state index contributed by atoms with van der Waals surface area (Å²) in [6.45, 7) is 1.86. The highest BCUT2D eigenvalue weighted by molar-refractivity contribution is 6.33. The van der Waals surface area contributed by atoms with Gasteiger partial charge in [0.05, 0.1) is 41.1 Å². The molecule has 20 heteroatoms. The van der Waals surface area contributed by atoms with Crippen molar-refractivity contribution >= 4 is 58.3 Å². The summed E-state index contributed by atoms with van der Waals surface area (Å²) in [5.41, 5.74) is -2.99. The molecule has 2 aromatic rings. The number of hydrogen-bond donors (Lipinski definition) is 1. The summed E-state index contributed by atoms with van der Waals surface area (Å²) in [5, 5.41) is 9.28. The van der Waals surface area contributed by atoms with E-state index in [1.807, 2.05) is 0 Å². The number of phenolic OH excluding ortho intramolecular Hbond substituents is 1. The van der Waals surface area contributed by atoms with E-state index in [1.165, 1.54) is 6.07 Å². The number of ether oxygens (including phenoxy) is 1. The maximum absolute atomic E-state index is 14.4. The van der Waals surface area contributed by atoms with Gasteiger partial charge in [-0.3, -0.25) is 19.6 Å². The van der Waals surface area contributed by atoms with Crippen molar-refractivity contribution in [2.75, 3.05) is 42.6 Å². The summed E-state index contributed by atoms with van der Waals surface area (Å²) in [5.74, 6) is -5.02. The first kappa shape index (κ1) is 34.7. The zero-order valence-electron chi connectivity index (χ0n) is 24.1. The molecule has 0 aromatic heterocycles. The molecule has 10 nitrogen and oxygen atoms in total. The summed E-state index contributed by atoms with van der Waals surface area (Å²) in [4.78, 5) is 35.3. The van der Waals surface area contributed by atoms with Crippen molar-refractivity contribution in [3.63, 3.8) is 0 Å². The molecule has 256 valence electrons. The Labute approximate surface area is 275 Å². The second-order valence-corrected chi connectivity index (χ2v) is 10.8. The van der Waals surface area contributed by atoms with Gasteiger partial charge < -0.3 is 19.6 Å². The van der Waals surface area contributed by atoms with Gasteiger partial charge in [0.2, 0.25) is 11.9 Å². The molecule has 0 unspecified atom stereocenters. The minimum atomic E-state index is -4.74. The van der Waals surface area contributed by atoms with Crippen LogP contribution in [0.25, 0.3) is 0 Å². The third-order valence-corrected chi connectivity index (χ3v) is 7.56. The Bertz CT molecular complexity index is 1810. The highest BCUT2D eigenvalue weighted by Crippen LogP contribution is 2.40. The lowest BCUT2D eigenvalue weighted by Gasteiger charge is -2.35. The second kappa shape index (κ2) is 12.8. The maximum atomic E-state index is 14.4. The van der Waals surface area contributed by atoms with Crippen LogP contribution in [0.5, 0.6) is 11.5 Å². The van der Waals surface area contributed by atoms with Crippen LogP contribution in [0.2, 0.25) is 10.0 Å². The molecular weight excluding hydrogens is 707 g/mol. The van der Waals surface area contributed by atoms with Gasteiger partial charge in [0, 0.05) is 37.4 Å². The van der Waals surface area contributed by atoms with E-state index in [1.54, 1.807) is 6.92 Å². The maximum Gasteiger partial charge on any atom is 0.431 e. The standard InChI is InChI=1S/C15H12ClF4N3O2.C13H8ClF4N3O2/c1-2-25-11-6-10(9(17)5-8(11)16)23-13(24)7-12(15(18,19)20)22-4-3-21-14(22)23;14-6-3-7(15)8(4-9(6)22)21-11(23)5-10(13(16,17)18)20-2-1-19-12(20)21/h5-7H,2-4H2,1H3;3-5,22H,1-2H2. The van der Waals surface area contributed by atoms with Crippen LogP contribution >= 0.6 is 23.2 Å². The van der Waals surface area contributed by atoms with E-state index in [0.717, 1.165) is 32.9 Å². The van der Waals surface area contributed by atoms with Crippen molar-refractivity contribution in [1.29, 1.82) is 0 Å². The lowest BCUT2D eigenvalue weighted by molar-refractivity contribution is -0.119. The van der Waals surface area contributed by atoms with E-state index < -0.39 is 58.6 Å². The smallest absolute Gasteiger partial charge is 0.431 e. The predicted octanol–water partition coefficient (Wildman–Crippen LogP) is 5.99. The van der Waals surface area contributed by atoms with Gasteiger partial charge in [-0.1, -0.05) is 23.2 Å². The number of anilines is 2. The number of phenols is 1. The first-order valence-corrected chi connectivity index (χ1v) is 14.4. The lowest BCUT2D eigenvalue weighted by atomic mass is 10.2. The van der Waals surface area contributed by atoms with Crippen LogP contribution in [0.1, 0.15) is 6.92 Å². The van der Waals surface area contributed by atoms with Gasteiger partial charge in [-0.25, -0.2) is 18.6 Å². The largest absolute Gasteiger partial charge is 0.506 e. The molecule has 1 N–H and O–H groups in total. The van der Waals surface area contributed by atoms with Gasteiger partial charge in [-0.2, -0.15) is 26.3 Å². The van der Waals surface area contributed by atoms with Crippen LogP contribution in [0.4, 0.5) is 46.5 Å². The highest BCUT2D eigenvalue weighted by Gasteiger charge is 2.48. The molecule has 0 radical (unpaired) electrons. The number of aliphatic imine (C=N–C) groups is 2. The number of alkyl halides is 6.